The number of rotatable bonds is 3. The maximum absolute atomic E-state index is 12.9. The Morgan fingerprint density at radius 2 is 1.82 bits per heavy atom. The summed E-state index contributed by atoms with van der Waals surface area (Å²) in [5.74, 6) is 1.47. The van der Waals surface area contributed by atoms with Gasteiger partial charge in [0.1, 0.15) is 12.2 Å². The van der Waals surface area contributed by atoms with Gasteiger partial charge in [-0.1, -0.05) is 6.92 Å². The molecule has 2 fully saturated rings. The first-order valence-electron chi connectivity index (χ1n) is 8.07. The molecule has 2 aliphatic heterocycles. The van der Waals surface area contributed by atoms with E-state index in [0.29, 0.717) is 32.1 Å². The highest BCUT2D eigenvalue weighted by Crippen LogP contribution is 2.29. The van der Waals surface area contributed by atoms with Crippen LogP contribution in [0.15, 0.2) is 6.33 Å². The van der Waals surface area contributed by atoms with E-state index in [4.69, 9.17) is 0 Å². The number of nitrogens with zero attached hydrogens (tertiary/aromatic N) is 5. The van der Waals surface area contributed by atoms with Gasteiger partial charge in [-0.25, -0.2) is 0 Å². The number of piperidine rings is 2. The molecule has 1 aromatic heterocycles. The van der Waals surface area contributed by atoms with E-state index in [1.165, 1.54) is 0 Å². The van der Waals surface area contributed by atoms with Crippen LogP contribution in [0.3, 0.4) is 0 Å². The first-order valence-corrected chi connectivity index (χ1v) is 9.47. The Morgan fingerprint density at radius 1 is 1.14 bits per heavy atom. The minimum Gasteiger partial charge on any atom is -0.320 e. The van der Waals surface area contributed by atoms with Crippen molar-refractivity contribution in [2.45, 2.75) is 38.5 Å². The zero-order valence-electron chi connectivity index (χ0n) is 13.3. The highest BCUT2D eigenvalue weighted by molar-refractivity contribution is 7.86. The fourth-order valence-electron chi connectivity index (χ4n) is 3.54. The van der Waals surface area contributed by atoms with E-state index in [1.807, 2.05) is 11.6 Å². The number of aromatic nitrogens is 3. The van der Waals surface area contributed by atoms with Crippen molar-refractivity contribution in [2.75, 3.05) is 26.2 Å². The molecule has 0 bridgehead atoms. The smallest absolute Gasteiger partial charge is 0.282 e. The molecule has 1 aromatic rings. The summed E-state index contributed by atoms with van der Waals surface area (Å²) in [6.07, 6.45) is 5.60. The molecule has 0 N–H and O–H groups in total. The van der Waals surface area contributed by atoms with Crippen LogP contribution in [0.5, 0.6) is 0 Å². The molecule has 2 saturated heterocycles. The summed E-state index contributed by atoms with van der Waals surface area (Å²) in [6, 6.07) is 0. The molecule has 2 aliphatic rings. The molecule has 3 rings (SSSR count). The van der Waals surface area contributed by atoms with E-state index in [0.717, 1.165) is 31.5 Å². The van der Waals surface area contributed by atoms with Crippen LogP contribution in [0.1, 0.15) is 44.3 Å². The molecule has 3 heterocycles. The summed E-state index contributed by atoms with van der Waals surface area (Å²) in [5.41, 5.74) is 0. The Hall–Kier alpha value is -0.990. The molecule has 0 aromatic carbocycles. The van der Waals surface area contributed by atoms with Gasteiger partial charge < -0.3 is 4.57 Å². The molecular weight excluding hydrogens is 302 g/mol. The predicted octanol–water partition coefficient (Wildman–Crippen LogP) is 0.971. The molecule has 124 valence electrons. The summed E-state index contributed by atoms with van der Waals surface area (Å²) in [5, 5.41) is 8.08. The highest BCUT2D eigenvalue weighted by Gasteiger charge is 2.36. The minimum absolute atomic E-state index is 0.137. The van der Waals surface area contributed by atoms with Crippen molar-refractivity contribution in [3.63, 3.8) is 0 Å². The zero-order chi connectivity index (χ0) is 15.7. The predicted molar refractivity (Wildman–Crippen MR) is 83.4 cm³/mol. The molecule has 0 spiro atoms. The standard InChI is InChI=1S/C14H25N5O2S/c1-12-5-3-7-18(9-12)22(20,21)19-8-4-6-13(10-19)14-16-15-11-17(14)2/h11-13H,3-10H2,1-2H3/t12-,13-/m1/s1. The Kier molecular flexibility index (Phi) is 4.52. The molecule has 0 radical (unpaired) electrons. The van der Waals surface area contributed by atoms with Gasteiger partial charge >= 0.3 is 0 Å². The maximum Gasteiger partial charge on any atom is 0.282 e. The quantitative estimate of drug-likeness (QED) is 0.829. The summed E-state index contributed by atoms with van der Waals surface area (Å²) >= 11 is 0. The topological polar surface area (TPSA) is 71.3 Å². The second kappa shape index (κ2) is 6.25. The van der Waals surface area contributed by atoms with Gasteiger partial charge in [-0.05, 0) is 31.6 Å². The van der Waals surface area contributed by atoms with Crippen molar-refractivity contribution in [3.8, 4) is 0 Å². The molecule has 0 unspecified atom stereocenters. The molecule has 8 heteroatoms. The average Bonchev–Trinajstić information content (AvgIpc) is 2.93. The van der Waals surface area contributed by atoms with Crippen LogP contribution in [0, 0.1) is 5.92 Å². The van der Waals surface area contributed by atoms with Crippen LogP contribution in [0.25, 0.3) is 0 Å². The average molecular weight is 327 g/mol. The fourth-order valence-corrected chi connectivity index (χ4v) is 5.40. The van der Waals surface area contributed by atoms with Crippen LogP contribution < -0.4 is 0 Å². The number of hydrogen-bond acceptors (Lipinski definition) is 4. The van der Waals surface area contributed by atoms with E-state index in [-0.39, 0.29) is 5.92 Å². The highest BCUT2D eigenvalue weighted by atomic mass is 32.2. The number of aryl methyl sites for hydroxylation is 1. The van der Waals surface area contributed by atoms with Gasteiger partial charge in [-0.15, -0.1) is 10.2 Å². The largest absolute Gasteiger partial charge is 0.320 e. The number of hydrogen-bond donors (Lipinski definition) is 0. The lowest BCUT2D eigenvalue weighted by Gasteiger charge is -2.37. The monoisotopic (exact) mass is 327 g/mol. The van der Waals surface area contributed by atoms with Gasteiger partial charge in [0.25, 0.3) is 10.2 Å². The van der Waals surface area contributed by atoms with Gasteiger partial charge in [0.05, 0.1) is 0 Å². The zero-order valence-corrected chi connectivity index (χ0v) is 14.2. The van der Waals surface area contributed by atoms with Crippen molar-refractivity contribution in [2.24, 2.45) is 13.0 Å². The minimum atomic E-state index is -3.35. The van der Waals surface area contributed by atoms with Gasteiger partial charge in [-0.2, -0.15) is 17.0 Å². The third-order valence-corrected chi connectivity index (χ3v) is 6.74. The maximum atomic E-state index is 12.9. The third-order valence-electron chi connectivity index (χ3n) is 4.77. The summed E-state index contributed by atoms with van der Waals surface area (Å²) in [7, 11) is -1.43. The Morgan fingerprint density at radius 3 is 2.45 bits per heavy atom. The second-order valence-electron chi connectivity index (χ2n) is 6.61. The second-order valence-corrected chi connectivity index (χ2v) is 8.54. The van der Waals surface area contributed by atoms with Crippen molar-refractivity contribution >= 4 is 10.2 Å². The molecule has 0 saturated carbocycles. The van der Waals surface area contributed by atoms with E-state index in [2.05, 4.69) is 17.1 Å². The molecule has 0 aliphatic carbocycles. The lowest BCUT2D eigenvalue weighted by Crippen LogP contribution is -2.50. The van der Waals surface area contributed by atoms with Gasteiger partial charge in [0.2, 0.25) is 0 Å². The molecule has 7 nitrogen and oxygen atoms in total. The lowest BCUT2D eigenvalue weighted by atomic mass is 9.99. The molecule has 22 heavy (non-hydrogen) atoms. The van der Waals surface area contributed by atoms with Crippen LogP contribution in [-0.2, 0) is 17.3 Å². The van der Waals surface area contributed by atoms with E-state index < -0.39 is 10.2 Å². The molecule has 2 atom stereocenters. The van der Waals surface area contributed by atoms with Crippen molar-refractivity contribution in [3.05, 3.63) is 12.2 Å². The summed E-state index contributed by atoms with van der Waals surface area (Å²) in [6.45, 7) is 4.55. The van der Waals surface area contributed by atoms with Crippen LogP contribution in [-0.4, -0.2) is 58.0 Å². The SMILES string of the molecule is C[C@@H]1CCCN(S(=O)(=O)N2CCC[C@@H](c3nncn3C)C2)C1. The fraction of sp³-hybridized carbons (Fsp3) is 0.857. The van der Waals surface area contributed by atoms with E-state index in [1.54, 1.807) is 14.9 Å². The van der Waals surface area contributed by atoms with Crippen LogP contribution in [0.2, 0.25) is 0 Å². The van der Waals surface area contributed by atoms with Crippen molar-refractivity contribution in [1.29, 1.82) is 0 Å². The van der Waals surface area contributed by atoms with Gasteiger partial charge in [-0.3, -0.25) is 0 Å². The van der Waals surface area contributed by atoms with Crippen molar-refractivity contribution < 1.29 is 8.42 Å². The lowest BCUT2D eigenvalue weighted by molar-refractivity contribution is 0.238. The van der Waals surface area contributed by atoms with Gasteiger partial charge in [0.15, 0.2) is 0 Å². The Labute approximate surface area is 132 Å². The van der Waals surface area contributed by atoms with Crippen LogP contribution in [0.4, 0.5) is 0 Å². The molecule has 0 amide bonds. The van der Waals surface area contributed by atoms with Gasteiger partial charge in [0, 0.05) is 39.1 Å². The summed E-state index contributed by atoms with van der Waals surface area (Å²) in [4.78, 5) is 0. The Balaban J connectivity index is 1.75. The summed E-state index contributed by atoms with van der Waals surface area (Å²) < 4.78 is 31.0. The Bertz CT molecular complexity index is 615. The molecular formula is C14H25N5O2S. The van der Waals surface area contributed by atoms with Crippen molar-refractivity contribution in [1.82, 2.24) is 23.4 Å². The van der Waals surface area contributed by atoms with Crippen LogP contribution >= 0.6 is 0 Å². The van der Waals surface area contributed by atoms with E-state index in [9.17, 15) is 8.42 Å². The first-order chi connectivity index (χ1) is 10.5. The first kappa shape index (κ1) is 15.9. The van der Waals surface area contributed by atoms with E-state index >= 15 is 0 Å². The third kappa shape index (κ3) is 3.04. The normalized spacial score (nSPS) is 28.8.